The maximum atomic E-state index is 3.88. The van der Waals surface area contributed by atoms with E-state index in [-0.39, 0.29) is 0 Å². The van der Waals surface area contributed by atoms with Crippen molar-refractivity contribution in [1.82, 2.24) is 0 Å². The van der Waals surface area contributed by atoms with Crippen LogP contribution in [-0.2, 0) is 0 Å². The first-order chi connectivity index (χ1) is 8.09. The second-order valence-electron chi connectivity index (χ2n) is 6.10. The van der Waals surface area contributed by atoms with E-state index < -0.39 is 0 Å². The van der Waals surface area contributed by atoms with Gasteiger partial charge in [0.2, 0.25) is 0 Å². The molecule has 2 aliphatic carbocycles. The molecule has 0 N–H and O–H groups in total. The standard InChI is InChI=1S/C17H26/c1-5-6-9-15-14(3)10-11-16-13(2)8-7-12-17(15,16)4/h5,10,15H,1,6-9,11-12H2,2-4H3. The molecule has 0 bridgehead atoms. The second-order valence-corrected chi connectivity index (χ2v) is 6.10. The molecule has 0 nitrogen and oxygen atoms in total. The van der Waals surface area contributed by atoms with E-state index in [1.807, 2.05) is 0 Å². The Morgan fingerprint density at radius 2 is 2.24 bits per heavy atom. The Morgan fingerprint density at radius 1 is 1.47 bits per heavy atom. The minimum absolute atomic E-state index is 0.449. The van der Waals surface area contributed by atoms with Gasteiger partial charge in [0.1, 0.15) is 0 Å². The molecule has 0 fully saturated rings. The molecule has 2 unspecified atom stereocenters. The van der Waals surface area contributed by atoms with Gasteiger partial charge in [0.25, 0.3) is 0 Å². The largest absolute Gasteiger partial charge is 0.103 e. The summed E-state index contributed by atoms with van der Waals surface area (Å²) in [6.07, 6.45) is 12.3. The van der Waals surface area contributed by atoms with Crippen molar-refractivity contribution in [3.63, 3.8) is 0 Å². The van der Waals surface area contributed by atoms with Crippen LogP contribution in [0.5, 0.6) is 0 Å². The Bertz CT molecular complexity index is 369. The van der Waals surface area contributed by atoms with Crippen molar-refractivity contribution in [3.05, 3.63) is 35.5 Å². The van der Waals surface area contributed by atoms with Gasteiger partial charge in [-0.25, -0.2) is 0 Å². The topological polar surface area (TPSA) is 0 Å². The van der Waals surface area contributed by atoms with Gasteiger partial charge in [0, 0.05) is 0 Å². The maximum absolute atomic E-state index is 3.88. The van der Waals surface area contributed by atoms with Gasteiger partial charge in [0.05, 0.1) is 0 Å². The summed E-state index contributed by atoms with van der Waals surface area (Å²) in [5, 5.41) is 0. The van der Waals surface area contributed by atoms with E-state index in [9.17, 15) is 0 Å². The second kappa shape index (κ2) is 4.84. The van der Waals surface area contributed by atoms with Crippen LogP contribution in [0, 0.1) is 11.3 Å². The maximum Gasteiger partial charge on any atom is -0.00452 e. The summed E-state index contributed by atoms with van der Waals surface area (Å²) in [5.74, 6) is 0.750. The molecule has 2 atom stereocenters. The lowest BCUT2D eigenvalue weighted by Crippen LogP contribution is -2.35. The number of allylic oxidation sites excluding steroid dienone is 5. The summed E-state index contributed by atoms with van der Waals surface area (Å²) in [6, 6.07) is 0. The monoisotopic (exact) mass is 230 g/mol. The van der Waals surface area contributed by atoms with Gasteiger partial charge < -0.3 is 0 Å². The van der Waals surface area contributed by atoms with E-state index in [0.717, 1.165) is 12.3 Å². The SMILES string of the molecule is C=CCCC1C(C)=CCC2=C(C)CCCC21C. The van der Waals surface area contributed by atoms with E-state index in [0.29, 0.717) is 5.41 Å². The zero-order valence-electron chi connectivity index (χ0n) is 11.7. The van der Waals surface area contributed by atoms with Gasteiger partial charge in [-0.15, -0.1) is 6.58 Å². The molecule has 0 aliphatic heterocycles. The minimum Gasteiger partial charge on any atom is -0.103 e. The van der Waals surface area contributed by atoms with Crippen molar-refractivity contribution in [2.24, 2.45) is 11.3 Å². The average molecular weight is 230 g/mol. The molecule has 2 rings (SSSR count). The molecular weight excluding hydrogens is 204 g/mol. The summed E-state index contributed by atoms with van der Waals surface area (Å²) < 4.78 is 0. The molecule has 0 saturated carbocycles. The van der Waals surface area contributed by atoms with Crippen molar-refractivity contribution in [2.75, 3.05) is 0 Å². The summed E-state index contributed by atoms with van der Waals surface area (Å²) in [4.78, 5) is 0. The average Bonchev–Trinajstić information content (AvgIpc) is 2.28. The van der Waals surface area contributed by atoms with Gasteiger partial charge in [-0.3, -0.25) is 0 Å². The molecule has 2 aliphatic rings. The van der Waals surface area contributed by atoms with Crippen molar-refractivity contribution in [3.8, 4) is 0 Å². The van der Waals surface area contributed by atoms with E-state index in [1.165, 1.54) is 32.1 Å². The van der Waals surface area contributed by atoms with Crippen LogP contribution in [0.2, 0.25) is 0 Å². The Hall–Kier alpha value is -0.780. The van der Waals surface area contributed by atoms with Gasteiger partial charge in [-0.2, -0.15) is 0 Å². The first kappa shape index (κ1) is 12.7. The van der Waals surface area contributed by atoms with Crippen LogP contribution in [0.3, 0.4) is 0 Å². The first-order valence-corrected chi connectivity index (χ1v) is 7.06. The van der Waals surface area contributed by atoms with Gasteiger partial charge in [0.15, 0.2) is 0 Å². The number of fused-ring (bicyclic) bond motifs is 1. The minimum atomic E-state index is 0.449. The number of hydrogen-bond donors (Lipinski definition) is 0. The van der Waals surface area contributed by atoms with Crippen LogP contribution in [0.15, 0.2) is 35.5 Å². The van der Waals surface area contributed by atoms with Crippen LogP contribution in [0.1, 0.15) is 59.3 Å². The quantitative estimate of drug-likeness (QED) is 0.567. The Labute approximate surface area is 106 Å². The molecule has 0 aromatic heterocycles. The van der Waals surface area contributed by atoms with Crippen LogP contribution >= 0.6 is 0 Å². The Kier molecular flexibility index (Phi) is 3.61. The van der Waals surface area contributed by atoms with Crippen LogP contribution in [0.25, 0.3) is 0 Å². The molecule has 0 heteroatoms. The highest BCUT2D eigenvalue weighted by molar-refractivity contribution is 5.34. The third-order valence-corrected chi connectivity index (χ3v) is 5.06. The highest BCUT2D eigenvalue weighted by Gasteiger charge is 2.41. The smallest absolute Gasteiger partial charge is 0.00452 e. The summed E-state index contributed by atoms with van der Waals surface area (Å²) in [6.45, 7) is 11.1. The fourth-order valence-corrected chi connectivity index (χ4v) is 4.04. The number of rotatable bonds is 3. The zero-order valence-corrected chi connectivity index (χ0v) is 11.7. The molecule has 0 spiro atoms. The molecule has 0 aromatic carbocycles. The number of hydrogen-bond acceptors (Lipinski definition) is 0. The van der Waals surface area contributed by atoms with E-state index in [2.05, 4.69) is 39.5 Å². The molecule has 0 radical (unpaired) electrons. The summed E-state index contributed by atoms with van der Waals surface area (Å²) in [5.41, 5.74) is 5.49. The fourth-order valence-electron chi connectivity index (χ4n) is 4.04. The first-order valence-electron chi connectivity index (χ1n) is 7.06. The van der Waals surface area contributed by atoms with Crippen molar-refractivity contribution in [1.29, 1.82) is 0 Å². The molecule has 0 saturated heterocycles. The lowest BCUT2D eigenvalue weighted by Gasteiger charge is -2.47. The molecule has 0 amide bonds. The molecule has 17 heavy (non-hydrogen) atoms. The third kappa shape index (κ3) is 2.14. The van der Waals surface area contributed by atoms with Crippen LogP contribution in [-0.4, -0.2) is 0 Å². The Morgan fingerprint density at radius 3 is 2.94 bits per heavy atom. The highest BCUT2D eigenvalue weighted by atomic mass is 14.5. The molecule has 0 heterocycles. The zero-order chi connectivity index (χ0) is 12.5. The molecule has 94 valence electrons. The molecular formula is C17H26. The van der Waals surface area contributed by atoms with E-state index >= 15 is 0 Å². The van der Waals surface area contributed by atoms with Crippen molar-refractivity contribution < 1.29 is 0 Å². The third-order valence-electron chi connectivity index (χ3n) is 5.06. The highest BCUT2D eigenvalue weighted by Crippen LogP contribution is 2.53. The van der Waals surface area contributed by atoms with Gasteiger partial charge in [-0.1, -0.05) is 35.8 Å². The van der Waals surface area contributed by atoms with Gasteiger partial charge in [-0.05, 0) is 63.7 Å². The van der Waals surface area contributed by atoms with Crippen LogP contribution < -0.4 is 0 Å². The predicted octanol–water partition coefficient (Wildman–Crippen LogP) is 5.43. The molecule has 0 aromatic rings. The van der Waals surface area contributed by atoms with Crippen LogP contribution in [0.4, 0.5) is 0 Å². The lowest BCUT2D eigenvalue weighted by molar-refractivity contribution is 0.208. The van der Waals surface area contributed by atoms with E-state index in [1.54, 1.807) is 16.7 Å². The normalized spacial score (nSPS) is 33.1. The van der Waals surface area contributed by atoms with Crippen molar-refractivity contribution >= 4 is 0 Å². The fraction of sp³-hybridized carbons (Fsp3) is 0.647. The summed E-state index contributed by atoms with van der Waals surface area (Å²) in [7, 11) is 0. The Balaban J connectivity index is 2.35. The van der Waals surface area contributed by atoms with E-state index in [4.69, 9.17) is 0 Å². The van der Waals surface area contributed by atoms with Crippen molar-refractivity contribution in [2.45, 2.75) is 59.3 Å². The van der Waals surface area contributed by atoms with Gasteiger partial charge >= 0.3 is 0 Å². The lowest BCUT2D eigenvalue weighted by atomic mass is 9.58. The predicted molar refractivity (Wildman–Crippen MR) is 76.0 cm³/mol. The summed E-state index contributed by atoms with van der Waals surface area (Å²) >= 11 is 0.